The van der Waals surface area contributed by atoms with Crippen LogP contribution in [0.2, 0.25) is 0 Å². The van der Waals surface area contributed by atoms with E-state index in [0.717, 1.165) is 45.1 Å². The highest BCUT2D eigenvalue weighted by molar-refractivity contribution is 5.94. The molecule has 3 fully saturated rings. The Hall–Kier alpha value is -2.11. The molecule has 2 aliphatic carbocycles. The third-order valence-electron chi connectivity index (χ3n) is 5.82. The lowest BCUT2D eigenvalue weighted by molar-refractivity contribution is -0.119. The average molecular weight is 342 g/mol. The van der Waals surface area contributed by atoms with Crippen molar-refractivity contribution in [2.24, 2.45) is 5.92 Å². The molecule has 0 unspecified atom stereocenters. The van der Waals surface area contributed by atoms with Crippen LogP contribution in [0.3, 0.4) is 0 Å². The number of amides is 3. The Kier molecular flexibility index (Phi) is 4.59. The molecule has 6 nitrogen and oxygen atoms in total. The van der Waals surface area contributed by atoms with Gasteiger partial charge in [0.15, 0.2) is 0 Å². The van der Waals surface area contributed by atoms with Crippen LogP contribution < -0.4 is 10.2 Å². The highest BCUT2D eigenvalue weighted by Gasteiger charge is 2.36. The van der Waals surface area contributed by atoms with Gasteiger partial charge in [-0.15, -0.1) is 0 Å². The Bertz CT molecular complexity index is 633. The topological polar surface area (TPSA) is 65.5 Å². The number of anilines is 2. The van der Waals surface area contributed by atoms with Crippen molar-refractivity contribution >= 4 is 23.4 Å². The van der Waals surface area contributed by atoms with Crippen LogP contribution in [0.15, 0.2) is 18.3 Å². The van der Waals surface area contributed by atoms with Gasteiger partial charge in [0, 0.05) is 25.0 Å². The van der Waals surface area contributed by atoms with Gasteiger partial charge in [0.1, 0.15) is 5.82 Å². The maximum Gasteiger partial charge on any atom is 0.326 e. The number of hydrogen-bond acceptors (Lipinski definition) is 3. The van der Waals surface area contributed by atoms with Crippen molar-refractivity contribution in [1.29, 1.82) is 0 Å². The minimum Gasteiger partial charge on any atom is -0.324 e. The van der Waals surface area contributed by atoms with Gasteiger partial charge in [0.25, 0.3) is 0 Å². The number of pyridine rings is 1. The molecule has 25 heavy (non-hydrogen) atoms. The molecule has 1 aromatic rings. The van der Waals surface area contributed by atoms with Crippen LogP contribution in [0.1, 0.15) is 51.4 Å². The first-order valence-electron chi connectivity index (χ1n) is 9.57. The first-order chi connectivity index (χ1) is 12.2. The van der Waals surface area contributed by atoms with Crippen molar-refractivity contribution in [1.82, 2.24) is 9.88 Å². The molecule has 1 saturated heterocycles. The second-order valence-corrected chi connectivity index (χ2v) is 7.44. The van der Waals surface area contributed by atoms with Crippen LogP contribution >= 0.6 is 0 Å². The predicted molar refractivity (Wildman–Crippen MR) is 96.5 cm³/mol. The summed E-state index contributed by atoms with van der Waals surface area (Å²) in [6.07, 6.45) is 10.6. The van der Waals surface area contributed by atoms with E-state index in [2.05, 4.69) is 10.3 Å². The smallest absolute Gasteiger partial charge is 0.324 e. The van der Waals surface area contributed by atoms with Gasteiger partial charge >= 0.3 is 6.03 Å². The number of hydrogen-bond donors (Lipinski definition) is 1. The van der Waals surface area contributed by atoms with Crippen LogP contribution in [0, 0.1) is 5.92 Å². The summed E-state index contributed by atoms with van der Waals surface area (Å²) in [6, 6.07) is 4.16. The van der Waals surface area contributed by atoms with E-state index in [1.165, 1.54) is 12.8 Å². The molecule has 0 bridgehead atoms. The van der Waals surface area contributed by atoms with Crippen molar-refractivity contribution in [3.63, 3.8) is 0 Å². The molecule has 0 spiro atoms. The number of aromatic nitrogens is 1. The van der Waals surface area contributed by atoms with E-state index in [9.17, 15) is 9.59 Å². The van der Waals surface area contributed by atoms with Gasteiger partial charge in [-0.1, -0.05) is 25.7 Å². The highest BCUT2D eigenvalue weighted by Crippen LogP contribution is 2.29. The summed E-state index contributed by atoms with van der Waals surface area (Å²) in [5.74, 6) is 0.904. The molecule has 6 heteroatoms. The zero-order valence-corrected chi connectivity index (χ0v) is 14.6. The fraction of sp³-hybridized carbons (Fsp3) is 0.632. The summed E-state index contributed by atoms with van der Waals surface area (Å²) in [7, 11) is 0. The molecule has 3 amide bonds. The Balaban J connectivity index is 1.38. The standard InChI is InChI=1S/C19H26N4O2/c24-18(14-5-1-2-6-14)21-15-9-10-17(20-13-15)23-12-11-22(19(23)25)16-7-3-4-8-16/h9-10,13-14,16H,1-8,11-12H2,(H,21,24). The van der Waals surface area contributed by atoms with Gasteiger partial charge in [-0.2, -0.15) is 0 Å². The number of nitrogens with zero attached hydrogens (tertiary/aromatic N) is 3. The fourth-order valence-corrected chi connectivity index (χ4v) is 4.37. The van der Waals surface area contributed by atoms with E-state index in [1.54, 1.807) is 11.1 Å². The van der Waals surface area contributed by atoms with Gasteiger partial charge in [0.05, 0.1) is 11.9 Å². The Labute approximate surface area is 148 Å². The van der Waals surface area contributed by atoms with Gasteiger partial charge < -0.3 is 10.2 Å². The Morgan fingerprint density at radius 2 is 1.76 bits per heavy atom. The SMILES string of the molecule is O=C(Nc1ccc(N2CCN(C3CCCC3)C2=O)nc1)C1CCCC1. The van der Waals surface area contributed by atoms with E-state index < -0.39 is 0 Å². The first-order valence-corrected chi connectivity index (χ1v) is 9.57. The molecule has 1 N–H and O–H groups in total. The summed E-state index contributed by atoms with van der Waals surface area (Å²) in [5.41, 5.74) is 0.708. The van der Waals surface area contributed by atoms with Gasteiger partial charge in [-0.25, -0.2) is 9.78 Å². The minimum absolute atomic E-state index is 0.0714. The van der Waals surface area contributed by atoms with Crippen LogP contribution in [0.5, 0.6) is 0 Å². The predicted octanol–water partition coefficient (Wildman–Crippen LogP) is 3.39. The molecule has 2 heterocycles. The molecule has 134 valence electrons. The Morgan fingerprint density at radius 3 is 2.44 bits per heavy atom. The molecule has 3 aliphatic rings. The first kappa shape index (κ1) is 16.4. The van der Waals surface area contributed by atoms with Crippen molar-refractivity contribution in [3.05, 3.63) is 18.3 Å². The summed E-state index contributed by atoms with van der Waals surface area (Å²) in [4.78, 5) is 33.0. The second-order valence-electron chi connectivity index (χ2n) is 7.44. The summed E-state index contributed by atoms with van der Waals surface area (Å²) in [5, 5.41) is 2.95. The van der Waals surface area contributed by atoms with Crippen LogP contribution in [0.4, 0.5) is 16.3 Å². The van der Waals surface area contributed by atoms with E-state index in [1.807, 2.05) is 17.0 Å². The molecule has 2 saturated carbocycles. The van der Waals surface area contributed by atoms with Gasteiger partial charge in [-0.05, 0) is 37.8 Å². The van der Waals surface area contributed by atoms with E-state index in [4.69, 9.17) is 0 Å². The largest absolute Gasteiger partial charge is 0.326 e. The maximum atomic E-state index is 12.7. The summed E-state index contributed by atoms with van der Waals surface area (Å²) >= 11 is 0. The van der Waals surface area contributed by atoms with E-state index in [0.29, 0.717) is 24.1 Å². The Morgan fingerprint density at radius 1 is 1.04 bits per heavy atom. The normalized spacial score (nSPS) is 22.2. The third-order valence-corrected chi connectivity index (χ3v) is 5.82. The summed E-state index contributed by atoms with van der Waals surface area (Å²) in [6.45, 7) is 1.47. The number of carbonyl (C=O) groups is 2. The zero-order chi connectivity index (χ0) is 17.2. The van der Waals surface area contributed by atoms with Crippen molar-refractivity contribution in [3.8, 4) is 0 Å². The van der Waals surface area contributed by atoms with Gasteiger partial charge in [0.2, 0.25) is 5.91 Å². The molecule has 0 aromatic carbocycles. The van der Waals surface area contributed by atoms with E-state index in [-0.39, 0.29) is 17.9 Å². The zero-order valence-electron chi connectivity index (χ0n) is 14.6. The lowest BCUT2D eigenvalue weighted by atomic mass is 10.1. The molecule has 0 atom stereocenters. The van der Waals surface area contributed by atoms with Crippen molar-refractivity contribution in [2.75, 3.05) is 23.3 Å². The monoisotopic (exact) mass is 342 g/mol. The second kappa shape index (κ2) is 7.02. The number of nitrogens with one attached hydrogen (secondary N) is 1. The molecular weight excluding hydrogens is 316 g/mol. The fourth-order valence-electron chi connectivity index (χ4n) is 4.37. The van der Waals surface area contributed by atoms with Crippen molar-refractivity contribution in [2.45, 2.75) is 57.4 Å². The molecule has 0 radical (unpaired) electrons. The van der Waals surface area contributed by atoms with E-state index >= 15 is 0 Å². The average Bonchev–Trinajstić information content (AvgIpc) is 3.37. The van der Waals surface area contributed by atoms with Crippen molar-refractivity contribution < 1.29 is 9.59 Å². The molecule has 1 aromatic heterocycles. The maximum absolute atomic E-state index is 12.7. The number of urea groups is 1. The summed E-state index contributed by atoms with van der Waals surface area (Å²) < 4.78 is 0. The lowest BCUT2D eigenvalue weighted by Gasteiger charge is -2.23. The molecule has 4 rings (SSSR count). The van der Waals surface area contributed by atoms with Crippen LogP contribution in [-0.2, 0) is 4.79 Å². The lowest BCUT2D eigenvalue weighted by Crippen LogP contribution is -2.38. The number of rotatable bonds is 4. The minimum atomic E-state index is 0.0714. The quantitative estimate of drug-likeness (QED) is 0.912. The van der Waals surface area contributed by atoms with Crippen LogP contribution in [-0.4, -0.2) is 41.0 Å². The third kappa shape index (κ3) is 3.34. The molecular formula is C19H26N4O2. The molecule has 1 aliphatic heterocycles. The van der Waals surface area contributed by atoms with Crippen LogP contribution in [0.25, 0.3) is 0 Å². The number of carbonyl (C=O) groups excluding carboxylic acids is 2. The van der Waals surface area contributed by atoms with Gasteiger partial charge in [-0.3, -0.25) is 9.69 Å². The highest BCUT2D eigenvalue weighted by atomic mass is 16.2.